The van der Waals surface area contributed by atoms with E-state index in [2.05, 4.69) is 22.6 Å². The van der Waals surface area contributed by atoms with E-state index >= 15 is 0 Å². The summed E-state index contributed by atoms with van der Waals surface area (Å²) in [5.74, 6) is 0. The van der Waals surface area contributed by atoms with Crippen LogP contribution >= 0.6 is 34.5 Å². The van der Waals surface area contributed by atoms with E-state index in [4.69, 9.17) is 23.2 Å². The minimum Gasteiger partial charge on any atom is -0.305 e. The maximum absolute atomic E-state index is 6.07. The molecule has 1 aromatic carbocycles. The number of aromatic nitrogens is 1. The van der Waals surface area contributed by atoms with Gasteiger partial charge in [-0.05, 0) is 31.2 Å². The zero-order valence-electron chi connectivity index (χ0n) is 10.2. The first kappa shape index (κ1) is 13.8. The van der Waals surface area contributed by atoms with Gasteiger partial charge in [0.15, 0.2) is 0 Å². The minimum absolute atomic E-state index is 0.0646. The fourth-order valence-corrected chi connectivity index (χ4v) is 2.75. The molecule has 0 saturated heterocycles. The Kier molecular flexibility index (Phi) is 4.62. The summed E-state index contributed by atoms with van der Waals surface area (Å²) in [6.45, 7) is 4.94. The number of halogens is 2. The van der Waals surface area contributed by atoms with Crippen molar-refractivity contribution in [3.05, 3.63) is 49.9 Å². The van der Waals surface area contributed by atoms with Crippen molar-refractivity contribution < 1.29 is 0 Å². The predicted octanol–water partition coefficient (Wildman–Crippen LogP) is 4.46. The van der Waals surface area contributed by atoms with Crippen LogP contribution in [0.5, 0.6) is 0 Å². The fourth-order valence-electron chi connectivity index (χ4n) is 1.80. The molecule has 0 amide bonds. The Morgan fingerprint density at radius 3 is 2.67 bits per heavy atom. The zero-order chi connectivity index (χ0) is 13.1. The maximum atomic E-state index is 6.07. The molecule has 2 nitrogen and oxygen atoms in total. The third-order valence-electron chi connectivity index (χ3n) is 2.62. The molecule has 1 atom stereocenters. The van der Waals surface area contributed by atoms with Gasteiger partial charge >= 0.3 is 0 Å². The number of nitrogens with zero attached hydrogens (tertiary/aromatic N) is 1. The van der Waals surface area contributed by atoms with Crippen LogP contribution in [0.2, 0.25) is 10.0 Å². The average Bonchev–Trinajstić information content (AvgIpc) is 2.76. The molecule has 96 valence electrons. The van der Waals surface area contributed by atoms with Gasteiger partial charge in [-0.15, -0.1) is 11.3 Å². The van der Waals surface area contributed by atoms with Gasteiger partial charge in [-0.2, -0.15) is 0 Å². The molecule has 2 rings (SSSR count). The van der Waals surface area contributed by atoms with Gasteiger partial charge in [-0.1, -0.05) is 36.2 Å². The van der Waals surface area contributed by atoms with Gasteiger partial charge in [-0.25, -0.2) is 4.98 Å². The second-order valence-electron chi connectivity index (χ2n) is 3.96. The van der Waals surface area contributed by atoms with E-state index in [1.54, 1.807) is 11.3 Å². The number of thiazole rings is 1. The molecular weight excluding hydrogens is 287 g/mol. The molecule has 2 aromatic rings. The maximum Gasteiger partial charge on any atom is 0.0898 e. The van der Waals surface area contributed by atoms with Crippen molar-refractivity contribution in [2.24, 2.45) is 0 Å². The first-order valence-corrected chi connectivity index (χ1v) is 7.35. The second-order valence-corrected chi connectivity index (χ2v) is 5.83. The highest BCUT2D eigenvalue weighted by Crippen LogP contribution is 2.29. The number of hydrogen-bond donors (Lipinski definition) is 1. The second kappa shape index (κ2) is 6.02. The first-order chi connectivity index (χ1) is 8.61. The van der Waals surface area contributed by atoms with Crippen LogP contribution in [0.4, 0.5) is 0 Å². The zero-order valence-corrected chi connectivity index (χ0v) is 12.5. The van der Waals surface area contributed by atoms with Gasteiger partial charge in [0.2, 0.25) is 0 Å². The molecule has 0 saturated carbocycles. The van der Waals surface area contributed by atoms with Gasteiger partial charge in [-0.3, -0.25) is 0 Å². The van der Waals surface area contributed by atoms with Crippen LogP contribution in [0.15, 0.2) is 23.6 Å². The average molecular weight is 301 g/mol. The number of aryl methyl sites for hydroxylation is 1. The van der Waals surface area contributed by atoms with Gasteiger partial charge in [0.25, 0.3) is 0 Å². The normalized spacial score (nSPS) is 12.7. The number of rotatable bonds is 4. The number of benzene rings is 1. The quantitative estimate of drug-likeness (QED) is 0.902. The Labute approximate surface area is 121 Å². The van der Waals surface area contributed by atoms with Crippen molar-refractivity contribution in [3.8, 4) is 0 Å². The topological polar surface area (TPSA) is 24.9 Å². The van der Waals surface area contributed by atoms with Crippen LogP contribution in [-0.4, -0.2) is 11.5 Å². The highest BCUT2D eigenvalue weighted by molar-refractivity contribution is 7.09. The predicted molar refractivity (Wildman–Crippen MR) is 78.8 cm³/mol. The van der Waals surface area contributed by atoms with Crippen molar-refractivity contribution in [3.63, 3.8) is 0 Å². The standard InChI is InChI=1S/C13H14Cl2N2S/c1-3-16-13(12-7-18-8(2)17-12)9-4-5-10(14)11(15)6-9/h4-7,13,16H,3H2,1-2H3. The molecule has 1 aromatic heterocycles. The van der Waals surface area contributed by atoms with Crippen LogP contribution < -0.4 is 5.32 Å². The summed E-state index contributed by atoms with van der Waals surface area (Å²) in [4.78, 5) is 4.54. The van der Waals surface area contributed by atoms with Crippen molar-refractivity contribution in [1.29, 1.82) is 0 Å². The summed E-state index contributed by atoms with van der Waals surface area (Å²) < 4.78 is 0. The lowest BCUT2D eigenvalue weighted by Crippen LogP contribution is -2.22. The van der Waals surface area contributed by atoms with E-state index in [-0.39, 0.29) is 6.04 Å². The fraction of sp³-hybridized carbons (Fsp3) is 0.308. The Morgan fingerprint density at radius 1 is 1.33 bits per heavy atom. The SMILES string of the molecule is CCNC(c1ccc(Cl)c(Cl)c1)c1csc(C)n1. The summed E-state index contributed by atoms with van der Waals surface area (Å²) in [5.41, 5.74) is 2.11. The summed E-state index contributed by atoms with van der Waals surface area (Å²) in [7, 11) is 0. The van der Waals surface area contributed by atoms with Crippen LogP contribution in [0.25, 0.3) is 0 Å². The van der Waals surface area contributed by atoms with E-state index in [1.807, 2.05) is 25.1 Å². The van der Waals surface area contributed by atoms with Crippen molar-refractivity contribution in [2.45, 2.75) is 19.9 Å². The lowest BCUT2D eigenvalue weighted by molar-refractivity contribution is 0.618. The van der Waals surface area contributed by atoms with E-state index in [9.17, 15) is 0 Å². The first-order valence-electron chi connectivity index (χ1n) is 5.72. The van der Waals surface area contributed by atoms with Gasteiger partial charge in [0.1, 0.15) is 0 Å². The Hall–Kier alpha value is -0.610. The van der Waals surface area contributed by atoms with E-state index in [1.165, 1.54) is 0 Å². The molecule has 0 fully saturated rings. The highest BCUT2D eigenvalue weighted by Gasteiger charge is 2.16. The van der Waals surface area contributed by atoms with Crippen LogP contribution in [0.3, 0.4) is 0 Å². The molecule has 0 radical (unpaired) electrons. The van der Waals surface area contributed by atoms with Crippen LogP contribution in [0, 0.1) is 6.92 Å². The third-order valence-corrected chi connectivity index (χ3v) is 4.15. The molecule has 5 heteroatoms. The Morgan fingerprint density at radius 2 is 2.11 bits per heavy atom. The number of hydrogen-bond acceptors (Lipinski definition) is 3. The highest BCUT2D eigenvalue weighted by atomic mass is 35.5. The molecule has 0 spiro atoms. The monoisotopic (exact) mass is 300 g/mol. The Bertz CT molecular complexity index is 540. The van der Waals surface area contributed by atoms with Crippen molar-refractivity contribution in [2.75, 3.05) is 6.54 Å². The molecule has 0 aliphatic carbocycles. The van der Waals surface area contributed by atoms with Gasteiger partial charge < -0.3 is 5.32 Å². The largest absolute Gasteiger partial charge is 0.305 e. The summed E-state index contributed by atoms with van der Waals surface area (Å²) in [6, 6.07) is 5.76. The van der Waals surface area contributed by atoms with E-state index in [0.29, 0.717) is 10.0 Å². The molecule has 0 aliphatic rings. The number of nitrogens with one attached hydrogen (secondary N) is 1. The molecule has 0 bridgehead atoms. The van der Waals surface area contributed by atoms with Gasteiger partial charge in [0, 0.05) is 5.38 Å². The Balaban J connectivity index is 2.37. The summed E-state index contributed by atoms with van der Waals surface area (Å²) >= 11 is 13.7. The summed E-state index contributed by atoms with van der Waals surface area (Å²) in [6.07, 6.45) is 0. The van der Waals surface area contributed by atoms with Crippen molar-refractivity contribution >= 4 is 34.5 Å². The van der Waals surface area contributed by atoms with Crippen LogP contribution in [-0.2, 0) is 0 Å². The molecular formula is C13H14Cl2N2S. The molecule has 18 heavy (non-hydrogen) atoms. The molecule has 1 unspecified atom stereocenters. The molecule has 0 aliphatic heterocycles. The molecule has 1 N–H and O–H groups in total. The minimum atomic E-state index is 0.0646. The smallest absolute Gasteiger partial charge is 0.0898 e. The lowest BCUT2D eigenvalue weighted by atomic mass is 10.0. The van der Waals surface area contributed by atoms with Crippen LogP contribution in [0.1, 0.15) is 29.2 Å². The van der Waals surface area contributed by atoms with E-state index in [0.717, 1.165) is 22.8 Å². The summed E-state index contributed by atoms with van der Waals surface area (Å²) in [5, 5.41) is 7.70. The van der Waals surface area contributed by atoms with Gasteiger partial charge in [0.05, 0.1) is 26.8 Å². The lowest BCUT2D eigenvalue weighted by Gasteiger charge is -2.16. The third kappa shape index (κ3) is 3.04. The molecule has 1 heterocycles. The van der Waals surface area contributed by atoms with Crippen molar-refractivity contribution in [1.82, 2.24) is 10.3 Å². The van der Waals surface area contributed by atoms with E-state index < -0.39 is 0 Å².